The number of nitrogens with two attached hydrogens (primary N) is 1. The van der Waals surface area contributed by atoms with E-state index >= 15 is 0 Å². The number of rotatable bonds is 2. The van der Waals surface area contributed by atoms with Crippen molar-refractivity contribution in [1.29, 1.82) is 0 Å². The summed E-state index contributed by atoms with van der Waals surface area (Å²) in [6, 6.07) is 0. The number of nitrogens with zero attached hydrogens (tertiary/aromatic N) is 3. The lowest BCUT2D eigenvalue weighted by Crippen LogP contribution is -2.43. The Morgan fingerprint density at radius 2 is 2.11 bits per heavy atom. The van der Waals surface area contributed by atoms with Gasteiger partial charge in [0, 0.05) is 23.7 Å². The van der Waals surface area contributed by atoms with E-state index in [-0.39, 0.29) is 5.54 Å². The monoisotopic (exact) mass is 262 g/mol. The number of aromatic nitrogens is 3. The van der Waals surface area contributed by atoms with Crippen LogP contribution in [0, 0.1) is 13.8 Å². The maximum Gasteiger partial charge on any atom is 0.113 e. The molecule has 0 aromatic carbocycles. The Morgan fingerprint density at radius 3 is 2.61 bits per heavy atom. The van der Waals surface area contributed by atoms with Crippen molar-refractivity contribution in [3.8, 4) is 11.3 Å². The highest BCUT2D eigenvalue weighted by Gasteiger charge is 2.37. The molecule has 1 saturated carbocycles. The van der Waals surface area contributed by atoms with Crippen LogP contribution >= 0.6 is 11.3 Å². The van der Waals surface area contributed by atoms with Crippen molar-refractivity contribution in [2.24, 2.45) is 12.8 Å². The average molecular weight is 262 g/mol. The lowest BCUT2D eigenvalue weighted by atomic mass is 9.78. The first-order chi connectivity index (χ1) is 8.51. The molecular weight excluding hydrogens is 244 g/mol. The minimum atomic E-state index is -0.160. The van der Waals surface area contributed by atoms with Crippen molar-refractivity contribution >= 4 is 11.3 Å². The summed E-state index contributed by atoms with van der Waals surface area (Å²) in [4.78, 5) is 4.75. The molecule has 2 N–H and O–H groups in total. The van der Waals surface area contributed by atoms with E-state index in [0.29, 0.717) is 0 Å². The van der Waals surface area contributed by atoms with Gasteiger partial charge in [-0.1, -0.05) is 0 Å². The molecule has 0 unspecified atom stereocenters. The highest BCUT2D eigenvalue weighted by Crippen LogP contribution is 2.41. The summed E-state index contributed by atoms with van der Waals surface area (Å²) in [5.74, 6) is 0. The first-order valence-corrected chi connectivity index (χ1v) is 7.15. The Balaban J connectivity index is 2.03. The summed E-state index contributed by atoms with van der Waals surface area (Å²) in [7, 11) is 1.97. The Morgan fingerprint density at radius 1 is 1.39 bits per heavy atom. The van der Waals surface area contributed by atoms with Gasteiger partial charge in [-0.3, -0.25) is 4.68 Å². The third-order valence-corrected chi connectivity index (χ3v) is 5.00. The molecule has 0 amide bonds. The summed E-state index contributed by atoms with van der Waals surface area (Å²) in [6.07, 6.45) is 3.34. The van der Waals surface area contributed by atoms with Gasteiger partial charge in [0.1, 0.15) is 5.01 Å². The highest BCUT2D eigenvalue weighted by atomic mass is 32.1. The second kappa shape index (κ2) is 3.90. The molecule has 4 nitrogen and oxygen atoms in total. The molecular formula is C13H18N4S. The zero-order valence-corrected chi connectivity index (χ0v) is 11.8. The van der Waals surface area contributed by atoms with Crippen LogP contribution in [-0.4, -0.2) is 14.8 Å². The lowest BCUT2D eigenvalue weighted by molar-refractivity contribution is 0.253. The molecule has 1 aliphatic carbocycles. The summed E-state index contributed by atoms with van der Waals surface area (Å²) in [6.45, 7) is 4.11. The molecule has 0 spiro atoms. The van der Waals surface area contributed by atoms with Crippen LogP contribution in [0.15, 0.2) is 5.38 Å². The summed E-state index contributed by atoms with van der Waals surface area (Å²) in [5, 5.41) is 7.63. The molecule has 0 atom stereocenters. The standard InChI is InChI=1S/C13H18N4S/c1-8-11(9(2)17(3)16-8)10-7-18-12(15-10)13(14)5-4-6-13/h7H,4-6,14H2,1-3H3. The normalized spacial score (nSPS) is 17.8. The fourth-order valence-electron chi connectivity index (χ4n) is 2.53. The van der Waals surface area contributed by atoms with Gasteiger partial charge < -0.3 is 5.73 Å². The Hall–Kier alpha value is -1.20. The summed E-state index contributed by atoms with van der Waals surface area (Å²) in [5.41, 5.74) is 10.5. The molecule has 96 valence electrons. The van der Waals surface area contributed by atoms with E-state index in [1.807, 2.05) is 18.7 Å². The molecule has 3 rings (SSSR count). The van der Waals surface area contributed by atoms with E-state index in [1.54, 1.807) is 11.3 Å². The van der Waals surface area contributed by atoms with Crippen molar-refractivity contribution in [2.75, 3.05) is 0 Å². The fraction of sp³-hybridized carbons (Fsp3) is 0.538. The van der Waals surface area contributed by atoms with Gasteiger partial charge in [0.25, 0.3) is 0 Å². The van der Waals surface area contributed by atoms with Crippen LogP contribution in [0.1, 0.15) is 35.7 Å². The molecule has 18 heavy (non-hydrogen) atoms. The van der Waals surface area contributed by atoms with Gasteiger partial charge in [-0.05, 0) is 33.1 Å². The topological polar surface area (TPSA) is 56.7 Å². The predicted octanol–water partition coefficient (Wildman–Crippen LogP) is 2.50. The molecule has 0 bridgehead atoms. The largest absolute Gasteiger partial charge is 0.319 e. The van der Waals surface area contributed by atoms with E-state index in [0.717, 1.165) is 40.5 Å². The van der Waals surface area contributed by atoms with Gasteiger partial charge in [0.15, 0.2) is 0 Å². The lowest BCUT2D eigenvalue weighted by Gasteiger charge is -2.35. The van der Waals surface area contributed by atoms with Gasteiger partial charge >= 0.3 is 0 Å². The van der Waals surface area contributed by atoms with E-state index < -0.39 is 0 Å². The van der Waals surface area contributed by atoms with E-state index in [4.69, 9.17) is 10.7 Å². The third-order valence-electron chi connectivity index (χ3n) is 3.94. The zero-order chi connectivity index (χ0) is 12.9. The maximum atomic E-state index is 6.32. The Labute approximate surface area is 111 Å². The molecule has 0 aliphatic heterocycles. The molecule has 2 heterocycles. The Kier molecular flexibility index (Phi) is 2.57. The quantitative estimate of drug-likeness (QED) is 0.904. The molecule has 1 fully saturated rings. The average Bonchev–Trinajstić information content (AvgIpc) is 2.83. The van der Waals surface area contributed by atoms with Gasteiger partial charge in [0.05, 0.1) is 16.9 Å². The van der Waals surface area contributed by atoms with Crippen LogP contribution in [0.5, 0.6) is 0 Å². The molecule has 2 aromatic rings. The Bertz CT molecular complexity index is 592. The van der Waals surface area contributed by atoms with Crippen LogP contribution < -0.4 is 5.73 Å². The van der Waals surface area contributed by atoms with Gasteiger partial charge in [-0.25, -0.2) is 4.98 Å². The van der Waals surface area contributed by atoms with Crippen LogP contribution in [0.3, 0.4) is 0 Å². The van der Waals surface area contributed by atoms with Crippen LogP contribution in [-0.2, 0) is 12.6 Å². The van der Waals surface area contributed by atoms with Crippen molar-refractivity contribution in [1.82, 2.24) is 14.8 Å². The maximum absolute atomic E-state index is 6.32. The van der Waals surface area contributed by atoms with Crippen molar-refractivity contribution in [2.45, 2.75) is 38.6 Å². The highest BCUT2D eigenvalue weighted by molar-refractivity contribution is 7.10. The minimum absolute atomic E-state index is 0.160. The number of thiazole rings is 1. The minimum Gasteiger partial charge on any atom is -0.319 e. The van der Waals surface area contributed by atoms with Crippen molar-refractivity contribution in [3.05, 3.63) is 21.8 Å². The molecule has 5 heteroatoms. The SMILES string of the molecule is Cc1nn(C)c(C)c1-c1csc(C2(N)CCC2)n1. The molecule has 0 saturated heterocycles. The second-order valence-corrected chi connectivity index (χ2v) is 6.08. The third kappa shape index (κ3) is 1.61. The van der Waals surface area contributed by atoms with Gasteiger partial charge in [0.2, 0.25) is 0 Å². The number of hydrogen-bond donors (Lipinski definition) is 1. The van der Waals surface area contributed by atoms with E-state index in [1.165, 1.54) is 6.42 Å². The number of aryl methyl sites for hydroxylation is 2. The fourth-order valence-corrected chi connectivity index (χ4v) is 3.52. The predicted molar refractivity (Wildman–Crippen MR) is 73.5 cm³/mol. The molecule has 0 radical (unpaired) electrons. The molecule has 1 aliphatic rings. The van der Waals surface area contributed by atoms with E-state index in [2.05, 4.69) is 17.4 Å². The smallest absolute Gasteiger partial charge is 0.113 e. The summed E-state index contributed by atoms with van der Waals surface area (Å²) >= 11 is 1.68. The van der Waals surface area contributed by atoms with Crippen molar-refractivity contribution < 1.29 is 0 Å². The van der Waals surface area contributed by atoms with Crippen LogP contribution in [0.25, 0.3) is 11.3 Å². The van der Waals surface area contributed by atoms with Gasteiger partial charge in [-0.2, -0.15) is 5.10 Å². The van der Waals surface area contributed by atoms with E-state index in [9.17, 15) is 0 Å². The number of hydrogen-bond acceptors (Lipinski definition) is 4. The summed E-state index contributed by atoms with van der Waals surface area (Å²) < 4.78 is 1.91. The van der Waals surface area contributed by atoms with Crippen LogP contribution in [0.4, 0.5) is 0 Å². The van der Waals surface area contributed by atoms with Gasteiger partial charge in [-0.15, -0.1) is 11.3 Å². The first kappa shape index (κ1) is 11.9. The second-order valence-electron chi connectivity index (χ2n) is 5.22. The first-order valence-electron chi connectivity index (χ1n) is 6.27. The zero-order valence-electron chi connectivity index (χ0n) is 11.0. The van der Waals surface area contributed by atoms with Crippen molar-refractivity contribution in [3.63, 3.8) is 0 Å². The molecule has 2 aromatic heterocycles. The van der Waals surface area contributed by atoms with Crippen LogP contribution in [0.2, 0.25) is 0 Å².